The molecule has 1 saturated carbocycles. The Morgan fingerprint density at radius 3 is 2.74 bits per heavy atom. The molecule has 0 aliphatic heterocycles. The fourth-order valence-corrected chi connectivity index (χ4v) is 1.71. The number of nitriles is 1. The SMILES string of the molecule is N#Cc1ccc(OC(C(=O)O)C2CC2)c([N+](=O)[O-])c1. The minimum Gasteiger partial charge on any atom is -0.478 e. The van der Waals surface area contributed by atoms with Crippen LogP contribution in [-0.4, -0.2) is 22.1 Å². The summed E-state index contributed by atoms with van der Waals surface area (Å²) in [5, 5.41) is 28.6. The van der Waals surface area contributed by atoms with Crippen LogP contribution < -0.4 is 4.74 Å². The van der Waals surface area contributed by atoms with Crippen LogP contribution >= 0.6 is 0 Å². The van der Waals surface area contributed by atoms with E-state index in [1.54, 1.807) is 6.07 Å². The molecule has 1 atom stereocenters. The van der Waals surface area contributed by atoms with E-state index in [1.807, 2.05) is 0 Å². The van der Waals surface area contributed by atoms with Crippen LogP contribution in [0.2, 0.25) is 0 Å². The van der Waals surface area contributed by atoms with Crippen LogP contribution in [-0.2, 0) is 4.79 Å². The summed E-state index contributed by atoms with van der Waals surface area (Å²) >= 11 is 0. The Balaban J connectivity index is 2.31. The molecule has 2 rings (SSSR count). The highest BCUT2D eigenvalue weighted by Gasteiger charge is 2.39. The molecule has 1 fully saturated rings. The second kappa shape index (κ2) is 4.94. The average Bonchev–Trinajstić information content (AvgIpc) is 3.19. The van der Waals surface area contributed by atoms with Gasteiger partial charge in [-0.1, -0.05) is 0 Å². The molecular weight excluding hydrogens is 252 g/mol. The van der Waals surface area contributed by atoms with Crippen molar-refractivity contribution < 1.29 is 19.6 Å². The maximum absolute atomic E-state index is 11.0. The zero-order chi connectivity index (χ0) is 14.0. The van der Waals surface area contributed by atoms with Crippen molar-refractivity contribution in [3.05, 3.63) is 33.9 Å². The Labute approximate surface area is 108 Å². The number of carboxylic acids is 1. The molecule has 1 aromatic rings. The summed E-state index contributed by atoms with van der Waals surface area (Å²) < 4.78 is 5.24. The lowest BCUT2D eigenvalue weighted by Gasteiger charge is -2.14. The molecule has 7 nitrogen and oxygen atoms in total. The largest absolute Gasteiger partial charge is 0.478 e. The number of hydrogen-bond acceptors (Lipinski definition) is 5. The maximum Gasteiger partial charge on any atom is 0.345 e. The van der Waals surface area contributed by atoms with Crippen LogP contribution in [0.15, 0.2) is 18.2 Å². The topological polar surface area (TPSA) is 113 Å². The van der Waals surface area contributed by atoms with Crippen molar-refractivity contribution in [3.63, 3.8) is 0 Å². The molecule has 19 heavy (non-hydrogen) atoms. The van der Waals surface area contributed by atoms with Crippen molar-refractivity contribution in [2.45, 2.75) is 18.9 Å². The number of nitro benzene ring substituents is 1. The number of benzene rings is 1. The number of ether oxygens (including phenoxy) is 1. The van der Waals surface area contributed by atoms with E-state index in [-0.39, 0.29) is 17.2 Å². The predicted molar refractivity (Wildman–Crippen MR) is 62.6 cm³/mol. The van der Waals surface area contributed by atoms with Gasteiger partial charge in [0.05, 0.1) is 16.6 Å². The Morgan fingerprint density at radius 1 is 1.58 bits per heavy atom. The van der Waals surface area contributed by atoms with Crippen molar-refractivity contribution in [2.75, 3.05) is 0 Å². The Kier molecular flexibility index (Phi) is 3.33. The number of rotatable bonds is 5. The third kappa shape index (κ3) is 2.80. The first kappa shape index (κ1) is 12.8. The second-order valence-electron chi connectivity index (χ2n) is 4.27. The number of carboxylic acid groups (broad SMARTS) is 1. The summed E-state index contributed by atoms with van der Waals surface area (Å²) in [6.45, 7) is 0. The van der Waals surface area contributed by atoms with Crippen molar-refractivity contribution in [1.82, 2.24) is 0 Å². The van der Waals surface area contributed by atoms with Gasteiger partial charge < -0.3 is 9.84 Å². The second-order valence-corrected chi connectivity index (χ2v) is 4.27. The number of carbonyl (C=O) groups is 1. The van der Waals surface area contributed by atoms with E-state index < -0.39 is 22.7 Å². The van der Waals surface area contributed by atoms with Crippen molar-refractivity contribution in [2.24, 2.45) is 5.92 Å². The van der Waals surface area contributed by atoms with Crippen molar-refractivity contribution in [3.8, 4) is 11.8 Å². The van der Waals surface area contributed by atoms with E-state index in [2.05, 4.69) is 0 Å². The van der Waals surface area contributed by atoms with E-state index in [1.165, 1.54) is 12.1 Å². The first-order chi connectivity index (χ1) is 9.02. The zero-order valence-corrected chi connectivity index (χ0v) is 9.78. The quantitative estimate of drug-likeness (QED) is 0.638. The fraction of sp³-hybridized carbons (Fsp3) is 0.333. The fourth-order valence-electron chi connectivity index (χ4n) is 1.71. The van der Waals surface area contributed by atoms with Gasteiger partial charge in [-0.15, -0.1) is 0 Å². The standard InChI is InChI=1S/C12H10N2O5/c13-6-7-1-4-10(9(5-7)14(17)18)19-11(12(15)16)8-2-3-8/h1,4-5,8,11H,2-3H2,(H,15,16). The lowest BCUT2D eigenvalue weighted by Crippen LogP contribution is -2.29. The lowest BCUT2D eigenvalue weighted by molar-refractivity contribution is -0.386. The monoisotopic (exact) mass is 262 g/mol. The number of hydrogen-bond donors (Lipinski definition) is 1. The Bertz CT molecular complexity index is 574. The molecular formula is C12H10N2O5. The molecule has 0 amide bonds. The summed E-state index contributed by atoms with van der Waals surface area (Å²) in [6, 6.07) is 5.47. The summed E-state index contributed by atoms with van der Waals surface area (Å²) in [6.07, 6.45) is 0.397. The molecule has 0 heterocycles. The summed E-state index contributed by atoms with van der Waals surface area (Å²) in [5.41, 5.74) is -0.275. The minimum absolute atomic E-state index is 0.104. The number of nitrogens with zero attached hydrogens (tertiary/aromatic N) is 2. The molecule has 1 unspecified atom stereocenters. The highest BCUT2D eigenvalue weighted by atomic mass is 16.6. The predicted octanol–water partition coefficient (Wildman–Crippen LogP) is 1.71. The Morgan fingerprint density at radius 2 is 2.26 bits per heavy atom. The highest BCUT2D eigenvalue weighted by molar-refractivity contribution is 5.74. The van der Waals surface area contributed by atoms with Gasteiger partial charge in [0, 0.05) is 12.0 Å². The summed E-state index contributed by atoms with van der Waals surface area (Å²) in [7, 11) is 0. The van der Waals surface area contributed by atoms with Gasteiger partial charge in [-0.05, 0) is 25.0 Å². The third-order valence-electron chi connectivity index (χ3n) is 2.83. The van der Waals surface area contributed by atoms with Crippen LogP contribution in [0.1, 0.15) is 18.4 Å². The normalized spacial score (nSPS) is 15.3. The van der Waals surface area contributed by atoms with Crippen molar-refractivity contribution >= 4 is 11.7 Å². The molecule has 98 valence electrons. The smallest absolute Gasteiger partial charge is 0.345 e. The van der Waals surface area contributed by atoms with E-state index >= 15 is 0 Å². The number of nitro groups is 1. The summed E-state index contributed by atoms with van der Waals surface area (Å²) in [4.78, 5) is 21.2. The molecule has 1 aromatic carbocycles. The van der Waals surface area contributed by atoms with Gasteiger partial charge in [0.2, 0.25) is 0 Å². The number of aliphatic carboxylic acids is 1. The zero-order valence-electron chi connectivity index (χ0n) is 9.78. The third-order valence-corrected chi connectivity index (χ3v) is 2.83. The van der Waals surface area contributed by atoms with Crippen LogP contribution in [0.4, 0.5) is 5.69 Å². The Hall–Kier alpha value is -2.62. The highest BCUT2D eigenvalue weighted by Crippen LogP contribution is 2.37. The lowest BCUT2D eigenvalue weighted by atomic mass is 10.2. The minimum atomic E-state index is -1.14. The summed E-state index contributed by atoms with van der Waals surface area (Å²) in [5.74, 6) is -1.36. The van der Waals surface area contributed by atoms with Gasteiger partial charge in [0.25, 0.3) is 0 Å². The van der Waals surface area contributed by atoms with Gasteiger partial charge in [-0.25, -0.2) is 4.79 Å². The molecule has 0 aromatic heterocycles. The molecule has 7 heteroatoms. The van der Waals surface area contributed by atoms with E-state index in [9.17, 15) is 14.9 Å². The molecule has 1 N–H and O–H groups in total. The van der Waals surface area contributed by atoms with Gasteiger partial charge in [0.1, 0.15) is 0 Å². The van der Waals surface area contributed by atoms with Gasteiger partial charge in [0.15, 0.2) is 11.9 Å². The molecule has 0 radical (unpaired) electrons. The van der Waals surface area contributed by atoms with Crippen LogP contribution in [0.25, 0.3) is 0 Å². The van der Waals surface area contributed by atoms with E-state index in [0.29, 0.717) is 0 Å². The molecule has 1 aliphatic rings. The average molecular weight is 262 g/mol. The van der Waals surface area contributed by atoms with Crippen LogP contribution in [0.3, 0.4) is 0 Å². The molecule has 0 bridgehead atoms. The molecule has 0 spiro atoms. The van der Waals surface area contributed by atoms with Crippen molar-refractivity contribution in [1.29, 1.82) is 5.26 Å². The van der Waals surface area contributed by atoms with Gasteiger partial charge >= 0.3 is 11.7 Å². The first-order valence-corrected chi connectivity index (χ1v) is 5.61. The van der Waals surface area contributed by atoms with E-state index in [0.717, 1.165) is 18.9 Å². The molecule has 1 aliphatic carbocycles. The van der Waals surface area contributed by atoms with Gasteiger partial charge in [-0.3, -0.25) is 10.1 Å². The van der Waals surface area contributed by atoms with Crippen LogP contribution in [0.5, 0.6) is 5.75 Å². The molecule has 0 saturated heterocycles. The van der Waals surface area contributed by atoms with E-state index in [4.69, 9.17) is 15.1 Å². The first-order valence-electron chi connectivity index (χ1n) is 5.61. The maximum atomic E-state index is 11.0. The van der Waals surface area contributed by atoms with Gasteiger partial charge in [-0.2, -0.15) is 5.26 Å². The van der Waals surface area contributed by atoms with Crippen LogP contribution in [0, 0.1) is 27.4 Å².